The van der Waals surface area contributed by atoms with E-state index in [1.807, 2.05) is 0 Å². The van der Waals surface area contributed by atoms with Gasteiger partial charge >= 0.3 is 0 Å². The van der Waals surface area contributed by atoms with Gasteiger partial charge in [0.15, 0.2) is 0 Å². The van der Waals surface area contributed by atoms with Gasteiger partial charge in [0, 0.05) is 22.0 Å². The minimum Gasteiger partial charge on any atom is -0.455 e. The summed E-state index contributed by atoms with van der Waals surface area (Å²) in [7, 11) is 0. The fraction of sp³-hybridized carbons (Fsp3) is 0.0154. The summed E-state index contributed by atoms with van der Waals surface area (Å²) >= 11 is 0. The predicted molar refractivity (Wildman–Crippen MR) is 279 cm³/mol. The van der Waals surface area contributed by atoms with E-state index in [1.54, 1.807) is 0 Å². The van der Waals surface area contributed by atoms with Crippen LogP contribution in [0, 0.1) is 0 Å². The number of rotatable bonds is 6. The zero-order valence-electron chi connectivity index (χ0n) is 36.5. The maximum atomic E-state index is 7.09. The standard InChI is InChI=1S/C65H41NO/c1-3-20-42(21-4-1)45-24-7-8-26-47(45)54-41-55-63-61(36-19-37-62(63)67-64(55)53-31-10-9-27-48(53)54)66(60-35-18-14-25-46(60)43-22-5-2-6-23-43)44-38-39-52-51-30-13-17-34-58(51)65(59(52)40-44)56-32-15-11-28-49(56)50-29-12-16-33-57(50)65/h1-41H. The van der Waals surface area contributed by atoms with E-state index < -0.39 is 5.41 Å². The number of furan rings is 1. The highest BCUT2D eigenvalue weighted by molar-refractivity contribution is 6.23. The Hall–Kier alpha value is -8.72. The van der Waals surface area contributed by atoms with Crippen LogP contribution in [0.2, 0.25) is 0 Å². The van der Waals surface area contributed by atoms with E-state index in [4.69, 9.17) is 4.42 Å². The number of nitrogens with zero attached hydrogens (tertiary/aromatic N) is 1. The lowest BCUT2D eigenvalue weighted by Gasteiger charge is -2.33. The van der Waals surface area contributed by atoms with Crippen LogP contribution >= 0.6 is 0 Å². The molecule has 0 N–H and O–H groups in total. The van der Waals surface area contributed by atoms with Gasteiger partial charge in [-0.3, -0.25) is 0 Å². The van der Waals surface area contributed by atoms with Crippen LogP contribution < -0.4 is 4.90 Å². The number of para-hydroxylation sites is 1. The Balaban J connectivity index is 1.08. The van der Waals surface area contributed by atoms with Crippen LogP contribution in [0.1, 0.15) is 22.3 Å². The Morgan fingerprint density at radius 1 is 0.299 bits per heavy atom. The van der Waals surface area contributed by atoms with Crippen molar-refractivity contribution in [3.63, 3.8) is 0 Å². The number of benzene rings is 11. The van der Waals surface area contributed by atoms with Crippen molar-refractivity contribution < 1.29 is 4.42 Å². The van der Waals surface area contributed by atoms with Gasteiger partial charge in [0.05, 0.1) is 22.2 Å². The molecule has 0 unspecified atom stereocenters. The minimum atomic E-state index is -0.492. The maximum absolute atomic E-state index is 7.09. The van der Waals surface area contributed by atoms with Crippen LogP contribution in [0.25, 0.3) is 88.3 Å². The van der Waals surface area contributed by atoms with E-state index in [1.165, 1.54) is 66.8 Å². The van der Waals surface area contributed by atoms with Crippen molar-refractivity contribution in [2.75, 3.05) is 4.90 Å². The van der Waals surface area contributed by atoms with Crippen LogP contribution in [0.4, 0.5) is 17.1 Å². The van der Waals surface area contributed by atoms with Gasteiger partial charge in [-0.05, 0) is 114 Å². The summed E-state index contributed by atoms with van der Waals surface area (Å²) in [5.74, 6) is 0. The number of anilines is 3. The zero-order valence-corrected chi connectivity index (χ0v) is 36.5. The van der Waals surface area contributed by atoms with Crippen molar-refractivity contribution in [3.05, 3.63) is 271 Å². The number of hydrogen-bond donors (Lipinski definition) is 0. The van der Waals surface area contributed by atoms with Crippen molar-refractivity contribution in [2.24, 2.45) is 0 Å². The lowest BCUT2D eigenvalue weighted by molar-refractivity contribution is 0.672. The van der Waals surface area contributed by atoms with E-state index >= 15 is 0 Å². The Bertz CT molecular complexity index is 3870. The molecule has 0 amide bonds. The van der Waals surface area contributed by atoms with E-state index in [9.17, 15) is 0 Å². The molecule has 0 radical (unpaired) electrons. The summed E-state index contributed by atoms with van der Waals surface area (Å²) < 4.78 is 7.09. The summed E-state index contributed by atoms with van der Waals surface area (Å²) in [5, 5.41) is 4.39. The third-order valence-electron chi connectivity index (χ3n) is 14.5. The smallest absolute Gasteiger partial charge is 0.143 e. The van der Waals surface area contributed by atoms with Crippen molar-refractivity contribution in [1.82, 2.24) is 0 Å². The van der Waals surface area contributed by atoms with Gasteiger partial charge in [0.2, 0.25) is 0 Å². The molecule has 0 bridgehead atoms. The number of hydrogen-bond acceptors (Lipinski definition) is 2. The second-order valence-electron chi connectivity index (χ2n) is 17.8. The van der Waals surface area contributed by atoms with Crippen LogP contribution in [0.3, 0.4) is 0 Å². The molecule has 312 valence electrons. The van der Waals surface area contributed by atoms with Crippen LogP contribution in [0.5, 0.6) is 0 Å². The molecule has 2 nitrogen and oxygen atoms in total. The molecule has 0 saturated heterocycles. The Morgan fingerprint density at radius 3 is 1.45 bits per heavy atom. The summed E-state index contributed by atoms with van der Waals surface area (Å²) in [6, 6.07) is 91.2. The van der Waals surface area contributed by atoms with Gasteiger partial charge in [-0.1, -0.05) is 212 Å². The topological polar surface area (TPSA) is 16.4 Å². The van der Waals surface area contributed by atoms with Crippen LogP contribution in [-0.4, -0.2) is 0 Å². The van der Waals surface area contributed by atoms with E-state index in [0.29, 0.717) is 0 Å². The molecule has 2 heteroatoms. The molecule has 14 rings (SSSR count). The van der Waals surface area contributed by atoms with E-state index in [0.717, 1.165) is 60.9 Å². The number of fused-ring (bicyclic) bond motifs is 15. The fourth-order valence-electron chi connectivity index (χ4n) is 11.8. The second kappa shape index (κ2) is 14.7. The molecule has 11 aromatic carbocycles. The molecular weight excluding hydrogens is 811 g/mol. The molecule has 0 atom stereocenters. The van der Waals surface area contributed by atoms with Crippen molar-refractivity contribution >= 4 is 49.8 Å². The molecule has 67 heavy (non-hydrogen) atoms. The molecule has 2 aliphatic carbocycles. The third-order valence-corrected chi connectivity index (χ3v) is 14.5. The largest absolute Gasteiger partial charge is 0.455 e. The molecule has 0 aliphatic heterocycles. The van der Waals surface area contributed by atoms with E-state index in [2.05, 4.69) is 254 Å². The summed E-state index contributed by atoms with van der Waals surface area (Å²) in [6.07, 6.45) is 0. The lowest BCUT2D eigenvalue weighted by atomic mass is 9.70. The van der Waals surface area contributed by atoms with Gasteiger partial charge in [0.1, 0.15) is 11.2 Å². The highest BCUT2D eigenvalue weighted by atomic mass is 16.3. The molecular formula is C65H41NO. The van der Waals surface area contributed by atoms with Crippen molar-refractivity contribution in [2.45, 2.75) is 5.41 Å². The highest BCUT2D eigenvalue weighted by Crippen LogP contribution is 2.63. The fourth-order valence-corrected chi connectivity index (χ4v) is 11.8. The molecule has 0 saturated carbocycles. The summed E-state index contributed by atoms with van der Waals surface area (Å²) in [5.41, 5.74) is 21.9. The first kappa shape index (κ1) is 37.6. The predicted octanol–water partition coefficient (Wildman–Crippen LogP) is 17.6. The average Bonchev–Trinajstić information content (AvgIpc) is 4.04. The Morgan fingerprint density at radius 2 is 0.791 bits per heavy atom. The average molecular weight is 852 g/mol. The Kier molecular flexibility index (Phi) is 8.23. The molecule has 1 spiro atoms. The molecule has 12 aromatic rings. The van der Waals surface area contributed by atoms with Gasteiger partial charge in [0.25, 0.3) is 0 Å². The van der Waals surface area contributed by atoms with Crippen LogP contribution in [0.15, 0.2) is 253 Å². The summed E-state index contributed by atoms with van der Waals surface area (Å²) in [4.78, 5) is 2.50. The first-order valence-corrected chi connectivity index (χ1v) is 23.2. The molecule has 1 heterocycles. The SMILES string of the molecule is c1ccc(-c2ccccc2-c2cc3c(oc4cccc(N(c5ccc6c(c5)C5(c7ccccc7-c7ccccc75)c5ccccc5-6)c5ccccc5-c5ccccc5)c43)c3ccccc23)cc1. The molecule has 1 aromatic heterocycles. The van der Waals surface area contributed by atoms with Crippen LogP contribution in [-0.2, 0) is 5.41 Å². The van der Waals surface area contributed by atoms with Gasteiger partial charge in [-0.2, -0.15) is 0 Å². The summed E-state index contributed by atoms with van der Waals surface area (Å²) in [6.45, 7) is 0. The quantitative estimate of drug-likeness (QED) is 0.166. The zero-order chi connectivity index (χ0) is 44.1. The van der Waals surface area contributed by atoms with Gasteiger partial charge in [-0.15, -0.1) is 0 Å². The molecule has 2 aliphatic rings. The van der Waals surface area contributed by atoms with Gasteiger partial charge < -0.3 is 9.32 Å². The first-order chi connectivity index (χ1) is 33.3. The monoisotopic (exact) mass is 851 g/mol. The second-order valence-corrected chi connectivity index (χ2v) is 17.8. The Labute approximate surface area is 389 Å². The minimum absolute atomic E-state index is 0.492. The normalized spacial score (nSPS) is 12.9. The third kappa shape index (κ3) is 5.39. The lowest BCUT2D eigenvalue weighted by Crippen LogP contribution is -2.26. The van der Waals surface area contributed by atoms with Gasteiger partial charge in [-0.25, -0.2) is 0 Å². The first-order valence-electron chi connectivity index (χ1n) is 23.2. The van der Waals surface area contributed by atoms with Crippen molar-refractivity contribution in [3.8, 4) is 55.6 Å². The van der Waals surface area contributed by atoms with Crippen molar-refractivity contribution in [1.29, 1.82) is 0 Å². The highest BCUT2D eigenvalue weighted by Gasteiger charge is 2.51. The molecule has 0 fully saturated rings. The maximum Gasteiger partial charge on any atom is 0.143 e. The van der Waals surface area contributed by atoms with E-state index in [-0.39, 0.29) is 0 Å².